The van der Waals surface area contributed by atoms with E-state index in [-0.39, 0.29) is 12.6 Å². The van der Waals surface area contributed by atoms with E-state index in [9.17, 15) is 9.59 Å². The molecule has 8 heteroatoms. The summed E-state index contributed by atoms with van der Waals surface area (Å²) < 4.78 is 14.8. The van der Waals surface area contributed by atoms with Crippen molar-refractivity contribution < 1.29 is 28.9 Å². The first-order valence-corrected chi connectivity index (χ1v) is 6.33. The van der Waals surface area contributed by atoms with E-state index in [2.05, 4.69) is 10.6 Å². The highest BCUT2D eigenvalue weighted by atomic mass is 16.5. The molecule has 20 heavy (non-hydrogen) atoms. The monoisotopic (exact) mass is 292 g/mol. The minimum absolute atomic E-state index is 0.237. The molecular formula is C12H24N2O6. The number of carboxylic acid groups (broad SMARTS) is 1. The van der Waals surface area contributed by atoms with E-state index in [1.807, 2.05) is 0 Å². The number of carboxylic acids is 1. The average molecular weight is 292 g/mol. The Balaban J connectivity index is 4.08. The molecule has 0 aromatic rings. The van der Waals surface area contributed by atoms with Crippen molar-refractivity contribution in [3.63, 3.8) is 0 Å². The molecule has 2 unspecified atom stereocenters. The molecule has 0 aromatic heterocycles. The highest BCUT2D eigenvalue weighted by Crippen LogP contribution is 1.98. The lowest BCUT2D eigenvalue weighted by molar-refractivity contribution is -0.139. The van der Waals surface area contributed by atoms with Gasteiger partial charge in [0.25, 0.3) is 0 Å². The summed E-state index contributed by atoms with van der Waals surface area (Å²) in [5.41, 5.74) is 0. The quantitative estimate of drug-likeness (QED) is 0.456. The van der Waals surface area contributed by atoms with Gasteiger partial charge in [0.15, 0.2) is 0 Å². The Hall–Kier alpha value is -1.38. The van der Waals surface area contributed by atoms with Crippen LogP contribution in [0, 0.1) is 0 Å². The summed E-state index contributed by atoms with van der Waals surface area (Å²) in [7, 11) is 4.58. The van der Waals surface area contributed by atoms with Crippen molar-refractivity contribution >= 4 is 12.0 Å². The van der Waals surface area contributed by atoms with Crippen LogP contribution < -0.4 is 10.6 Å². The van der Waals surface area contributed by atoms with Crippen LogP contribution in [0.5, 0.6) is 0 Å². The zero-order valence-electron chi connectivity index (χ0n) is 12.2. The van der Waals surface area contributed by atoms with Gasteiger partial charge in [-0.2, -0.15) is 0 Å². The maximum Gasteiger partial charge on any atom is 0.326 e. The number of amides is 2. The molecular weight excluding hydrogens is 268 g/mol. The first-order valence-electron chi connectivity index (χ1n) is 6.33. The number of hydrogen-bond donors (Lipinski definition) is 3. The fourth-order valence-electron chi connectivity index (χ4n) is 1.50. The molecule has 0 fully saturated rings. The van der Waals surface area contributed by atoms with Crippen molar-refractivity contribution in [2.45, 2.75) is 25.0 Å². The third-order valence-corrected chi connectivity index (χ3v) is 2.62. The first kappa shape index (κ1) is 18.6. The predicted molar refractivity (Wildman–Crippen MR) is 71.7 cm³/mol. The zero-order chi connectivity index (χ0) is 15.4. The van der Waals surface area contributed by atoms with E-state index in [1.54, 1.807) is 0 Å². The van der Waals surface area contributed by atoms with Crippen LogP contribution in [-0.4, -0.2) is 70.3 Å². The normalized spacial score (nSPS) is 13.6. The third-order valence-electron chi connectivity index (χ3n) is 2.62. The summed E-state index contributed by atoms with van der Waals surface area (Å²) in [6, 6.07) is -1.48. The van der Waals surface area contributed by atoms with Gasteiger partial charge in [0.1, 0.15) is 6.04 Å². The molecule has 0 aliphatic carbocycles. The second-order valence-corrected chi connectivity index (χ2v) is 4.19. The molecule has 2 atom stereocenters. The van der Waals surface area contributed by atoms with E-state index < -0.39 is 18.0 Å². The largest absolute Gasteiger partial charge is 0.480 e. The van der Waals surface area contributed by atoms with E-state index in [0.717, 1.165) is 0 Å². The highest BCUT2D eigenvalue weighted by Gasteiger charge is 2.19. The summed E-state index contributed by atoms with van der Waals surface area (Å²) in [6.07, 6.45) is 0.586. The van der Waals surface area contributed by atoms with E-state index in [1.165, 1.54) is 21.3 Å². The number of carbonyl (C=O) groups is 2. The fourth-order valence-corrected chi connectivity index (χ4v) is 1.50. The van der Waals surface area contributed by atoms with E-state index in [0.29, 0.717) is 26.1 Å². The lowest BCUT2D eigenvalue weighted by Gasteiger charge is -2.18. The Kier molecular flexibility index (Phi) is 10.7. The van der Waals surface area contributed by atoms with Crippen LogP contribution >= 0.6 is 0 Å². The maximum atomic E-state index is 11.6. The van der Waals surface area contributed by atoms with Crippen molar-refractivity contribution in [1.29, 1.82) is 0 Å². The molecule has 8 nitrogen and oxygen atoms in total. The molecule has 118 valence electrons. The summed E-state index contributed by atoms with van der Waals surface area (Å²) in [4.78, 5) is 22.6. The Labute approximate surface area is 118 Å². The Morgan fingerprint density at radius 3 is 2.40 bits per heavy atom. The molecule has 0 radical (unpaired) electrons. The smallest absolute Gasteiger partial charge is 0.326 e. The van der Waals surface area contributed by atoms with Crippen LogP contribution in [-0.2, 0) is 19.0 Å². The van der Waals surface area contributed by atoms with Crippen LogP contribution in [0.3, 0.4) is 0 Å². The molecule has 0 heterocycles. The molecule has 0 saturated carbocycles. The number of methoxy groups -OCH3 is 3. The molecule has 2 amide bonds. The fraction of sp³-hybridized carbons (Fsp3) is 0.833. The first-order chi connectivity index (χ1) is 9.54. The molecule has 0 aromatic carbocycles. The molecule has 0 spiro atoms. The Morgan fingerprint density at radius 2 is 1.90 bits per heavy atom. The predicted octanol–water partition coefficient (Wildman–Crippen LogP) is -0.173. The van der Waals surface area contributed by atoms with Crippen LogP contribution in [0.4, 0.5) is 4.79 Å². The van der Waals surface area contributed by atoms with Crippen molar-refractivity contribution in [3.8, 4) is 0 Å². The second-order valence-electron chi connectivity index (χ2n) is 4.19. The number of nitrogens with one attached hydrogen (secondary N) is 2. The van der Waals surface area contributed by atoms with Crippen molar-refractivity contribution in [2.75, 3.05) is 41.1 Å². The van der Waals surface area contributed by atoms with Gasteiger partial charge in [-0.05, 0) is 12.8 Å². The third kappa shape index (κ3) is 8.68. The minimum atomic E-state index is -1.07. The van der Waals surface area contributed by atoms with Crippen LogP contribution in [0.2, 0.25) is 0 Å². The standard InChI is InChI=1S/C12H24N2O6/c1-18-6-4-5-10(11(15)16)14-12(17)13-7-9(20-3)8-19-2/h9-10H,4-8H2,1-3H3,(H,15,16)(H2,13,14,17). The lowest BCUT2D eigenvalue weighted by Crippen LogP contribution is -2.48. The Bertz CT molecular complexity index is 287. The Morgan fingerprint density at radius 1 is 1.20 bits per heavy atom. The van der Waals surface area contributed by atoms with Gasteiger partial charge in [0.2, 0.25) is 0 Å². The van der Waals surface area contributed by atoms with Gasteiger partial charge in [-0.25, -0.2) is 9.59 Å². The van der Waals surface area contributed by atoms with Crippen LogP contribution in [0.25, 0.3) is 0 Å². The SMILES string of the molecule is COCCCC(NC(=O)NCC(COC)OC)C(=O)O. The number of hydrogen-bond acceptors (Lipinski definition) is 5. The summed E-state index contributed by atoms with van der Waals surface area (Å²) >= 11 is 0. The van der Waals surface area contributed by atoms with Crippen molar-refractivity contribution in [2.24, 2.45) is 0 Å². The molecule has 0 aliphatic heterocycles. The minimum Gasteiger partial charge on any atom is -0.480 e. The van der Waals surface area contributed by atoms with Gasteiger partial charge in [0.05, 0.1) is 12.7 Å². The highest BCUT2D eigenvalue weighted by molar-refractivity contribution is 5.82. The number of aliphatic carboxylic acids is 1. The van der Waals surface area contributed by atoms with Gasteiger partial charge in [-0.15, -0.1) is 0 Å². The average Bonchev–Trinajstić information content (AvgIpc) is 2.42. The number of ether oxygens (including phenoxy) is 3. The van der Waals surface area contributed by atoms with Gasteiger partial charge < -0.3 is 30.0 Å². The van der Waals surface area contributed by atoms with Crippen molar-refractivity contribution in [3.05, 3.63) is 0 Å². The second kappa shape index (κ2) is 11.4. The topological polar surface area (TPSA) is 106 Å². The van der Waals surface area contributed by atoms with Crippen LogP contribution in [0.15, 0.2) is 0 Å². The summed E-state index contributed by atoms with van der Waals surface area (Å²) in [5, 5.41) is 13.9. The number of carbonyl (C=O) groups excluding carboxylic acids is 1. The van der Waals surface area contributed by atoms with Gasteiger partial charge in [-0.3, -0.25) is 0 Å². The molecule has 0 bridgehead atoms. The molecule has 0 saturated heterocycles. The molecule has 0 aliphatic rings. The number of urea groups is 1. The molecule has 3 N–H and O–H groups in total. The van der Waals surface area contributed by atoms with E-state index in [4.69, 9.17) is 19.3 Å². The van der Waals surface area contributed by atoms with Gasteiger partial charge in [-0.1, -0.05) is 0 Å². The molecule has 0 rings (SSSR count). The van der Waals surface area contributed by atoms with Gasteiger partial charge >= 0.3 is 12.0 Å². The van der Waals surface area contributed by atoms with Crippen molar-refractivity contribution in [1.82, 2.24) is 10.6 Å². The summed E-state index contributed by atoms with van der Waals surface area (Å²) in [6.45, 7) is 1.03. The lowest BCUT2D eigenvalue weighted by atomic mass is 10.1. The summed E-state index contributed by atoms with van der Waals surface area (Å²) in [5.74, 6) is -1.07. The number of rotatable bonds is 11. The van der Waals surface area contributed by atoms with E-state index >= 15 is 0 Å². The zero-order valence-corrected chi connectivity index (χ0v) is 12.2. The van der Waals surface area contributed by atoms with Gasteiger partial charge in [0, 0.05) is 34.5 Å². The maximum absolute atomic E-state index is 11.6. The van der Waals surface area contributed by atoms with Crippen LogP contribution in [0.1, 0.15) is 12.8 Å².